The Kier molecular flexibility index (Phi) is 6.63. The number of amides is 1. The second-order valence-corrected chi connectivity index (χ2v) is 13.0. The summed E-state index contributed by atoms with van der Waals surface area (Å²) in [6.45, 7) is 2.38. The first-order chi connectivity index (χ1) is 19.4. The van der Waals surface area contributed by atoms with Crippen molar-refractivity contribution in [1.82, 2.24) is 5.43 Å². The van der Waals surface area contributed by atoms with Crippen LogP contribution < -0.4 is 5.43 Å². The van der Waals surface area contributed by atoms with Gasteiger partial charge in [-0.2, -0.15) is 5.10 Å². The predicted octanol–water partition coefficient (Wildman–Crippen LogP) is 3.02. The summed E-state index contributed by atoms with van der Waals surface area (Å²) >= 11 is 0. The van der Waals surface area contributed by atoms with Crippen molar-refractivity contribution in [3.8, 4) is 0 Å². The second kappa shape index (κ2) is 9.71. The number of nitrogens with one attached hydrogen (secondary N) is 1. The van der Waals surface area contributed by atoms with Gasteiger partial charge in [0.2, 0.25) is 0 Å². The van der Waals surface area contributed by atoms with E-state index in [9.17, 15) is 35.0 Å². The highest BCUT2D eigenvalue weighted by atomic mass is 16.6. The number of ether oxygens (including phenoxy) is 1. The van der Waals surface area contributed by atoms with E-state index in [-0.39, 0.29) is 48.0 Å². The van der Waals surface area contributed by atoms with Gasteiger partial charge in [-0.05, 0) is 80.8 Å². The lowest BCUT2D eigenvalue weighted by atomic mass is 9.41. The Balaban J connectivity index is 1.32. The van der Waals surface area contributed by atoms with E-state index in [4.69, 9.17) is 4.74 Å². The van der Waals surface area contributed by atoms with Crippen molar-refractivity contribution < 1.29 is 34.6 Å². The molecule has 6 rings (SSSR count). The van der Waals surface area contributed by atoms with Gasteiger partial charge < -0.3 is 20.1 Å². The van der Waals surface area contributed by atoms with Crippen LogP contribution in [0.1, 0.15) is 75.1 Å². The van der Waals surface area contributed by atoms with Gasteiger partial charge in [0.05, 0.1) is 22.2 Å². The van der Waals surface area contributed by atoms with Gasteiger partial charge in [0, 0.05) is 35.6 Å². The van der Waals surface area contributed by atoms with Gasteiger partial charge in [-0.15, -0.1) is 0 Å². The molecule has 4 saturated carbocycles. The molecule has 5 aliphatic rings. The van der Waals surface area contributed by atoms with E-state index < -0.39 is 39.0 Å². The summed E-state index contributed by atoms with van der Waals surface area (Å²) in [6.07, 6.45) is 7.18. The van der Waals surface area contributed by atoms with Crippen LogP contribution in [0.25, 0.3) is 0 Å². The number of carbonyl (C=O) groups excluding carboxylic acids is 2. The van der Waals surface area contributed by atoms with E-state index >= 15 is 0 Å². The van der Waals surface area contributed by atoms with Crippen molar-refractivity contribution in [3.05, 3.63) is 51.6 Å². The molecule has 0 saturated heterocycles. The maximum Gasteiger partial charge on any atom is 0.331 e. The van der Waals surface area contributed by atoms with Crippen LogP contribution in [0.3, 0.4) is 0 Å². The molecule has 220 valence electrons. The molecule has 1 aliphatic heterocycles. The molecule has 1 amide bonds. The topological polar surface area (TPSA) is 172 Å². The number of fused-ring (bicyclic) bond motifs is 5. The lowest BCUT2D eigenvalue weighted by Gasteiger charge is -2.65. The molecule has 1 aromatic carbocycles. The number of nitrogens with zero attached hydrogens (tertiary/aromatic N) is 2. The molecule has 11 heteroatoms. The molecular weight excluding hydrogens is 530 g/mol. The maximum atomic E-state index is 12.9. The smallest absolute Gasteiger partial charge is 0.331 e. The number of rotatable bonds is 5. The lowest BCUT2D eigenvalue weighted by Crippen LogP contribution is -2.68. The van der Waals surface area contributed by atoms with Crippen LogP contribution in [-0.4, -0.2) is 62.2 Å². The summed E-state index contributed by atoms with van der Waals surface area (Å²) in [5.74, 6) is -1.36. The van der Waals surface area contributed by atoms with Crippen molar-refractivity contribution in [2.75, 3.05) is 6.61 Å². The minimum atomic E-state index is -1.28. The van der Waals surface area contributed by atoms with Gasteiger partial charge in [0.1, 0.15) is 12.2 Å². The fourth-order valence-corrected chi connectivity index (χ4v) is 9.45. The Hall–Kier alpha value is -3.15. The first-order valence-electron chi connectivity index (χ1n) is 14.5. The number of esters is 1. The highest BCUT2D eigenvalue weighted by Crippen LogP contribution is 2.70. The summed E-state index contributed by atoms with van der Waals surface area (Å²) in [5.41, 5.74) is -0.754. The average molecular weight is 568 g/mol. The zero-order chi connectivity index (χ0) is 29.2. The monoisotopic (exact) mass is 567 g/mol. The first-order valence-corrected chi connectivity index (χ1v) is 14.5. The average Bonchev–Trinajstić information content (AvgIpc) is 3.48. The molecule has 0 bridgehead atoms. The number of benzene rings is 1. The Bertz CT molecular complexity index is 1350. The molecule has 41 heavy (non-hydrogen) atoms. The molecule has 4 fully saturated rings. The van der Waals surface area contributed by atoms with E-state index in [0.717, 1.165) is 12.0 Å². The van der Waals surface area contributed by atoms with Crippen molar-refractivity contribution >= 4 is 23.8 Å². The van der Waals surface area contributed by atoms with Crippen LogP contribution in [0.4, 0.5) is 5.69 Å². The van der Waals surface area contributed by atoms with Gasteiger partial charge in [0.25, 0.3) is 11.6 Å². The lowest BCUT2D eigenvalue weighted by molar-refractivity contribution is -0.385. The van der Waals surface area contributed by atoms with Gasteiger partial charge >= 0.3 is 5.97 Å². The van der Waals surface area contributed by atoms with E-state index in [2.05, 4.69) is 17.5 Å². The summed E-state index contributed by atoms with van der Waals surface area (Å²) in [5, 5.41) is 50.8. The van der Waals surface area contributed by atoms with E-state index in [0.29, 0.717) is 44.9 Å². The number of nitro benzene ring substituents is 1. The van der Waals surface area contributed by atoms with E-state index in [1.807, 2.05) is 0 Å². The Morgan fingerprint density at radius 3 is 2.61 bits per heavy atom. The molecule has 1 heterocycles. The standard InChI is InChI=1S/C30H37N3O8/c1-27-10-7-22-23(30(27,38)13-9-21(27)18-14-25(35)41-16-18)8-12-29(37)15-19(34)6-11-28(22,29)17-31-32-26(36)20-4-2-3-5-24(20)33(39)40/h2-5,14,17,19,21-23,34,37-38H,6-13,15-16H2,1H3,(H,32,36)/b31-17-/t19-,21-,22+,23-,27-,28+,29+,30+/m1/s1. The molecule has 8 atom stereocenters. The summed E-state index contributed by atoms with van der Waals surface area (Å²) in [7, 11) is 0. The number of carbonyl (C=O) groups is 2. The van der Waals surface area contributed by atoms with E-state index in [1.54, 1.807) is 12.3 Å². The van der Waals surface area contributed by atoms with E-state index in [1.165, 1.54) is 24.3 Å². The number of hydrogen-bond acceptors (Lipinski definition) is 9. The second-order valence-electron chi connectivity index (χ2n) is 13.0. The molecule has 1 aromatic rings. The normalized spacial score (nSPS) is 41.7. The highest BCUT2D eigenvalue weighted by Gasteiger charge is 2.71. The van der Waals surface area contributed by atoms with Crippen molar-refractivity contribution in [2.45, 2.75) is 82.0 Å². The number of cyclic esters (lactones) is 1. The van der Waals surface area contributed by atoms with Crippen LogP contribution >= 0.6 is 0 Å². The minimum absolute atomic E-state index is 0.0273. The number of hydrazone groups is 1. The first kappa shape index (κ1) is 28.0. The molecular formula is C30H37N3O8. The van der Waals surface area contributed by atoms with Crippen molar-refractivity contribution in [3.63, 3.8) is 0 Å². The zero-order valence-corrected chi connectivity index (χ0v) is 23.1. The maximum absolute atomic E-state index is 12.9. The van der Waals surface area contributed by atoms with Crippen LogP contribution in [0.5, 0.6) is 0 Å². The predicted molar refractivity (Wildman–Crippen MR) is 147 cm³/mol. The number of hydrogen-bond donors (Lipinski definition) is 4. The quantitative estimate of drug-likeness (QED) is 0.182. The Morgan fingerprint density at radius 1 is 1.12 bits per heavy atom. The van der Waals surface area contributed by atoms with Crippen LogP contribution in [0, 0.1) is 38.7 Å². The third-order valence-corrected chi connectivity index (χ3v) is 11.4. The van der Waals surface area contributed by atoms with Gasteiger partial charge in [-0.1, -0.05) is 19.1 Å². The highest BCUT2D eigenvalue weighted by molar-refractivity contribution is 5.98. The molecule has 0 aromatic heterocycles. The number of nitro groups is 1. The van der Waals surface area contributed by atoms with Crippen molar-refractivity contribution in [1.29, 1.82) is 0 Å². The van der Waals surface area contributed by atoms with Crippen LogP contribution in [0.15, 0.2) is 41.0 Å². The van der Waals surface area contributed by atoms with Crippen LogP contribution in [0.2, 0.25) is 0 Å². The largest absolute Gasteiger partial charge is 0.458 e. The zero-order valence-electron chi connectivity index (χ0n) is 23.1. The molecule has 0 spiro atoms. The fourth-order valence-electron chi connectivity index (χ4n) is 9.45. The number of aliphatic hydroxyl groups excluding tert-OH is 1. The van der Waals surface area contributed by atoms with Gasteiger partial charge in [-0.25, -0.2) is 10.2 Å². The fraction of sp³-hybridized carbons (Fsp3) is 0.633. The molecule has 0 unspecified atom stereocenters. The Labute approximate surface area is 237 Å². The SMILES string of the molecule is C[C@]12CC[C@H]3[C@@H](CC[C@]4(O)C[C@H](O)CC[C@]34/C=N\NC(=O)c3ccccc3[N+](=O)[O-])[C@@]1(O)CC[C@@H]2C1=CC(=O)OC1. The molecule has 4 aliphatic carbocycles. The molecule has 4 N–H and O–H groups in total. The van der Waals surface area contributed by atoms with Crippen molar-refractivity contribution in [2.24, 2.45) is 33.7 Å². The van der Waals surface area contributed by atoms with Gasteiger partial charge in [-0.3, -0.25) is 14.9 Å². The van der Waals surface area contributed by atoms with Gasteiger partial charge in [0.15, 0.2) is 0 Å². The number of para-hydroxylation sites is 1. The summed E-state index contributed by atoms with van der Waals surface area (Å²) in [4.78, 5) is 35.5. The molecule has 0 radical (unpaired) electrons. The molecule has 11 nitrogen and oxygen atoms in total. The third-order valence-electron chi connectivity index (χ3n) is 11.4. The van der Waals surface area contributed by atoms with Crippen LogP contribution in [-0.2, 0) is 9.53 Å². The third kappa shape index (κ3) is 4.07. The minimum Gasteiger partial charge on any atom is -0.458 e. The summed E-state index contributed by atoms with van der Waals surface area (Å²) in [6, 6.07) is 5.63. The summed E-state index contributed by atoms with van der Waals surface area (Å²) < 4.78 is 5.21. The number of aliphatic hydroxyl groups is 3. The Morgan fingerprint density at radius 2 is 1.88 bits per heavy atom.